The van der Waals surface area contributed by atoms with Crippen LogP contribution < -0.4 is 5.32 Å². The first-order valence-electron chi connectivity index (χ1n) is 7.65. The van der Waals surface area contributed by atoms with Gasteiger partial charge in [-0.3, -0.25) is 0 Å². The number of hydrogen-bond acceptors (Lipinski definition) is 3. The Morgan fingerprint density at radius 3 is 2.55 bits per heavy atom. The normalized spacial score (nSPS) is 23.8. The summed E-state index contributed by atoms with van der Waals surface area (Å²) in [5.41, 5.74) is 1.15. The second-order valence-corrected chi connectivity index (χ2v) is 7.76. The van der Waals surface area contributed by atoms with E-state index in [0.717, 1.165) is 37.9 Å². The molecule has 1 N–H and O–H groups in total. The fourth-order valence-corrected chi connectivity index (χ4v) is 4.63. The van der Waals surface area contributed by atoms with Crippen molar-refractivity contribution in [2.75, 3.05) is 39.3 Å². The van der Waals surface area contributed by atoms with E-state index in [1.54, 1.807) is 8.61 Å². The highest BCUT2D eigenvalue weighted by Crippen LogP contribution is 2.23. The molecule has 2 rings (SSSR count). The molecule has 1 saturated heterocycles. The Bertz CT molecular complexity index is 439. The minimum atomic E-state index is -3.26. The van der Waals surface area contributed by atoms with Gasteiger partial charge in [0.05, 0.1) is 0 Å². The molecule has 0 aromatic heterocycles. The van der Waals surface area contributed by atoms with Gasteiger partial charge in [-0.15, -0.1) is 0 Å². The van der Waals surface area contributed by atoms with E-state index in [2.05, 4.69) is 18.3 Å². The molecule has 0 aromatic rings. The zero-order valence-corrected chi connectivity index (χ0v) is 13.5. The molecule has 0 aromatic carbocycles. The van der Waals surface area contributed by atoms with Crippen LogP contribution in [0.2, 0.25) is 0 Å². The lowest BCUT2D eigenvalue weighted by Crippen LogP contribution is -2.49. The number of hydrogen-bond donors (Lipinski definition) is 1. The van der Waals surface area contributed by atoms with Crippen LogP contribution in [0.15, 0.2) is 11.6 Å². The van der Waals surface area contributed by atoms with Gasteiger partial charge in [0.1, 0.15) is 0 Å². The average Bonchev–Trinajstić information content (AvgIpc) is 2.45. The van der Waals surface area contributed by atoms with E-state index in [0.29, 0.717) is 32.1 Å². The largest absolute Gasteiger partial charge is 0.317 e. The van der Waals surface area contributed by atoms with Gasteiger partial charge in [-0.2, -0.15) is 17.0 Å². The van der Waals surface area contributed by atoms with Crippen LogP contribution in [-0.2, 0) is 10.2 Å². The van der Waals surface area contributed by atoms with Gasteiger partial charge in [-0.25, -0.2) is 0 Å². The predicted molar refractivity (Wildman–Crippen MR) is 81.7 cm³/mol. The third-order valence-corrected chi connectivity index (χ3v) is 6.19. The van der Waals surface area contributed by atoms with E-state index < -0.39 is 10.2 Å². The summed E-state index contributed by atoms with van der Waals surface area (Å²) in [5, 5.41) is 3.35. The topological polar surface area (TPSA) is 52.7 Å². The van der Waals surface area contributed by atoms with Gasteiger partial charge in [-0.1, -0.05) is 18.6 Å². The van der Waals surface area contributed by atoms with Gasteiger partial charge in [0.15, 0.2) is 0 Å². The van der Waals surface area contributed by atoms with Crippen LogP contribution in [-0.4, -0.2) is 56.3 Å². The lowest BCUT2D eigenvalue weighted by molar-refractivity contribution is 0.251. The summed E-state index contributed by atoms with van der Waals surface area (Å²) in [4.78, 5) is 0. The van der Waals surface area contributed by atoms with E-state index in [1.807, 2.05) is 6.92 Å². The molecule has 5 nitrogen and oxygen atoms in total. The van der Waals surface area contributed by atoms with E-state index >= 15 is 0 Å². The maximum Gasteiger partial charge on any atom is 0.282 e. The number of nitrogens with zero attached hydrogens (tertiary/aromatic N) is 2. The first-order valence-corrected chi connectivity index (χ1v) is 9.05. The van der Waals surface area contributed by atoms with Crippen molar-refractivity contribution in [2.45, 2.75) is 33.1 Å². The van der Waals surface area contributed by atoms with Gasteiger partial charge in [0.25, 0.3) is 10.2 Å². The summed E-state index contributed by atoms with van der Waals surface area (Å²) < 4.78 is 28.5. The lowest BCUT2D eigenvalue weighted by Gasteiger charge is -2.36. The summed E-state index contributed by atoms with van der Waals surface area (Å²) in [6, 6.07) is 0. The molecule has 2 aliphatic heterocycles. The lowest BCUT2D eigenvalue weighted by atomic mass is 9.98. The van der Waals surface area contributed by atoms with E-state index in [4.69, 9.17) is 0 Å². The van der Waals surface area contributed by atoms with E-state index in [9.17, 15) is 8.42 Å². The highest BCUT2D eigenvalue weighted by atomic mass is 32.2. The Hall–Kier alpha value is -0.430. The third-order valence-electron chi connectivity index (χ3n) is 4.21. The molecule has 2 heterocycles. The smallest absolute Gasteiger partial charge is 0.282 e. The second kappa shape index (κ2) is 7.02. The summed E-state index contributed by atoms with van der Waals surface area (Å²) >= 11 is 0. The summed E-state index contributed by atoms with van der Waals surface area (Å²) in [6.07, 6.45) is 4.90. The van der Waals surface area contributed by atoms with Crippen LogP contribution in [0.1, 0.15) is 33.1 Å². The van der Waals surface area contributed by atoms with Crippen molar-refractivity contribution in [1.29, 1.82) is 0 Å². The maximum absolute atomic E-state index is 12.6. The molecule has 0 amide bonds. The summed E-state index contributed by atoms with van der Waals surface area (Å²) in [7, 11) is -3.26. The highest BCUT2D eigenvalue weighted by molar-refractivity contribution is 7.86. The molecule has 20 heavy (non-hydrogen) atoms. The third kappa shape index (κ3) is 3.81. The van der Waals surface area contributed by atoms with Crippen molar-refractivity contribution < 1.29 is 8.42 Å². The molecule has 6 heteroatoms. The predicted octanol–water partition coefficient (Wildman–Crippen LogP) is 1.20. The highest BCUT2D eigenvalue weighted by Gasteiger charge is 2.33. The quantitative estimate of drug-likeness (QED) is 0.777. The molecule has 0 unspecified atom stereocenters. The van der Waals surface area contributed by atoms with Crippen molar-refractivity contribution in [3.05, 3.63) is 11.6 Å². The molecular weight excluding hydrogens is 274 g/mol. The number of rotatable bonds is 5. The van der Waals surface area contributed by atoms with Gasteiger partial charge < -0.3 is 5.32 Å². The average molecular weight is 301 g/mol. The van der Waals surface area contributed by atoms with Crippen molar-refractivity contribution in [2.24, 2.45) is 5.92 Å². The molecule has 0 atom stereocenters. The zero-order chi connectivity index (χ0) is 14.6. The van der Waals surface area contributed by atoms with E-state index in [1.165, 1.54) is 0 Å². The van der Waals surface area contributed by atoms with Crippen LogP contribution in [0, 0.1) is 5.92 Å². The van der Waals surface area contributed by atoms with Crippen molar-refractivity contribution >= 4 is 10.2 Å². The molecule has 1 fully saturated rings. The van der Waals surface area contributed by atoms with Crippen molar-refractivity contribution in [3.8, 4) is 0 Å². The molecule has 0 spiro atoms. The van der Waals surface area contributed by atoms with E-state index in [-0.39, 0.29) is 0 Å². The Morgan fingerprint density at radius 2 is 1.95 bits per heavy atom. The second-order valence-electron chi connectivity index (χ2n) is 5.83. The van der Waals surface area contributed by atoms with Gasteiger partial charge in [0.2, 0.25) is 0 Å². The van der Waals surface area contributed by atoms with Crippen LogP contribution in [0.5, 0.6) is 0 Å². The molecule has 116 valence electrons. The van der Waals surface area contributed by atoms with Crippen molar-refractivity contribution in [1.82, 2.24) is 13.9 Å². The SMILES string of the molecule is CCNCC1CCN(S(=O)(=O)N2CCC=C(C)C2)CC1. The van der Waals surface area contributed by atoms with Crippen LogP contribution in [0.25, 0.3) is 0 Å². The molecule has 0 aliphatic carbocycles. The Morgan fingerprint density at radius 1 is 1.25 bits per heavy atom. The minimum Gasteiger partial charge on any atom is -0.317 e. The van der Waals surface area contributed by atoms with Gasteiger partial charge >= 0.3 is 0 Å². The molecule has 0 bridgehead atoms. The Kier molecular flexibility index (Phi) is 5.60. The number of piperidine rings is 1. The fraction of sp³-hybridized carbons (Fsp3) is 0.857. The molecular formula is C14H27N3O2S. The standard InChI is InChI=1S/C14H27N3O2S/c1-3-15-11-14-6-9-16(10-7-14)20(18,19)17-8-4-5-13(2)12-17/h5,14-15H,3-4,6-12H2,1-2H3. The summed E-state index contributed by atoms with van der Waals surface area (Å²) in [6.45, 7) is 8.61. The zero-order valence-electron chi connectivity index (χ0n) is 12.6. The van der Waals surface area contributed by atoms with Crippen LogP contribution in [0.4, 0.5) is 0 Å². The number of nitrogens with one attached hydrogen (secondary N) is 1. The fourth-order valence-electron chi connectivity index (χ4n) is 2.93. The molecule has 0 saturated carbocycles. The Labute approximate surface area is 123 Å². The first-order chi connectivity index (χ1) is 9.54. The Balaban J connectivity index is 1.90. The minimum absolute atomic E-state index is 0.555. The summed E-state index contributed by atoms with van der Waals surface area (Å²) in [5.74, 6) is 0.615. The maximum atomic E-state index is 12.6. The van der Waals surface area contributed by atoms with Gasteiger partial charge in [0, 0.05) is 26.2 Å². The van der Waals surface area contributed by atoms with Crippen molar-refractivity contribution in [3.63, 3.8) is 0 Å². The van der Waals surface area contributed by atoms with Crippen LogP contribution in [0.3, 0.4) is 0 Å². The molecule has 2 aliphatic rings. The van der Waals surface area contributed by atoms with Crippen LogP contribution >= 0.6 is 0 Å². The van der Waals surface area contributed by atoms with Gasteiger partial charge in [-0.05, 0) is 45.2 Å². The molecule has 0 radical (unpaired) electrons. The first kappa shape index (κ1) is 15.9. The monoisotopic (exact) mass is 301 g/mol.